The summed E-state index contributed by atoms with van der Waals surface area (Å²) >= 11 is 0. The van der Waals surface area contributed by atoms with E-state index >= 15 is 0 Å². The van der Waals surface area contributed by atoms with Gasteiger partial charge in [0.25, 0.3) is 0 Å². The average Bonchev–Trinajstić information content (AvgIpc) is 3.44. The lowest BCUT2D eigenvalue weighted by Crippen LogP contribution is -2.32. The van der Waals surface area contributed by atoms with Crippen molar-refractivity contribution in [3.63, 3.8) is 0 Å². The summed E-state index contributed by atoms with van der Waals surface area (Å²) in [6, 6.07) is 0.138. The highest BCUT2D eigenvalue weighted by Gasteiger charge is 2.33. The fraction of sp³-hybridized carbons (Fsp3) is 0.579. The maximum Gasteiger partial charge on any atom is 0.331 e. The van der Waals surface area contributed by atoms with Crippen LogP contribution in [-0.2, 0) is 19.6 Å². The number of hydrogen-bond donors (Lipinski definition) is 1. The molecule has 0 saturated heterocycles. The van der Waals surface area contributed by atoms with Crippen molar-refractivity contribution in [1.29, 1.82) is 0 Å². The van der Waals surface area contributed by atoms with Crippen LogP contribution >= 0.6 is 0 Å². The summed E-state index contributed by atoms with van der Waals surface area (Å²) in [5, 5.41) is 3.53. The lowest BCUT2D eigenvalue weighted by molar-refractivity contribution is 0.521. The molecule has 1 aromatic rings. The molecule has 1 unspecified atom stereocenters. The second kappa shape index (κ2) is 6.51. The number of nitrogens with one attached hydrogen (secondary N) is 1. The Kier molecular flexibility index (Phi) is 3.98. The summed E-state index contributed by atoms with van der Waals surface area (Å²) in [5.74, 6) is 2.92. The van der Waals surface area contributed by atoms with Gasteiger partial charge in [0.1, 0.15) is 17.3 Å². The minimum atomic E-state index is 0.0119. The highest BCUT2D eigenvalue weighted by Crippen LogP contribution is 2.37. The summed E-state index contributed by atoms with van der Waals surface area (Å²) in [6.45, 7) is 4.16. The van der Waals surface area contributed by atoms with Crippen LogP contribution in [-0.4, -0.2) is 34.7 Å². The van der Waals surface area contributed by atoms with Crippen LogP contribution in [0.5, 0.6) is 0 Å². The fourth-order valence-electron chi connectivity index (χ4n) is 4.48. The Morgan fingerprint density at radius 2 is 2.11 bits per heavy atom. The molecule has 1 fully saturated rings. The zero-order valence-electron chi connectivity index (χ0n) is 15.6. The van der Waals surface area contributed by atoms with Crippen LogP contribution in [0.3, 0.4) is 0 Å². The second-order valence-electron chi connectivity index (χ2n) is 7.73. The molecule has 1 N–H and O–H groups in total. The van der Waals surface area contributed by atoms with E-state index < -0.39 is 0 Å². The van der Waals surface area contributed by atoms with Gasteiger partial charge in [0.2, 0.25) is 0 Å². The largest absolute Gasteiger partial charge is 0.363 e. The van der Waals surface area contributed by atoms with Crippen molar-refractivity contribution < 1.29 is 0 Å². The number of imidazole rings is 2. The van der Waals surface area contributed by atoms with E-state index in [9.17, 15) is 4.79 Å². The van der Waals surface area contributed by atoms with Gasteiger partial charge >= 0.3 is 5.69 Å². The van der Waals surface area contributed by atoms with Crippen LogP contribution in [0.15, 0.2) is 23.5 Å². The Morgan fingerprint density at radius 1 is 1.26 bits per heavy atom. The molecule has 8 nitrogen and oxygen atoms in total. The van der Waals surface area contributed by atoms with Crippen molar-refractivity contribution in [1.82, 2.24) is 28.7 Å². The first-order valence-corrected chi connectivity index (χ1v) is 9.98. The number of aromatic nitrogens is 6. The second-order valence-corrected chi connectivity index (χ2v) is 7.73. The van der Waals surface area contributed by atoms with Crippen LogP contribution in [0, 0.1) is 0 Å². The third-order valence-corrected chi connectivity index (χ3v) is 5.77. The first kappa shape index (κ1) is 16.5. The van der Waals surface area contributed by atoms with E-state index in [2.05, 4.69) is 17.2 Å². The van der Waals surface area contributed by atoms with E-state index in [1.807, 2.05) is 19.9 Å². The summed E-state index contributed by atoms with van der Waals surface area (Å²) in [7, 11) is 0. The van der Waals surface area contributed by atoms with E-state index in [-0.39, 0.29) is 11.7 Å². The number of nitrogens with zero attached hydrogens (tertiary/aromatic N) is 6. The monoisotopic (exact) mass is 367 g/mol. The van der Waals surface area contributed by atoms with Gasteiger partial charge in [-0.1, -0.05) is 19.8 Å². The molecule has 1 atom stereocenters. The van der Waals surface area contributed by atoms with Gasteiger partial charge in [-0.2, -0.15) is 0 Å². The van der Waals surface area contributed by atoms with Gasteiger partial charge in [0.15, 0.2) is 5.82 Å². The van der Waals surface area contributed by atoms with Crippen LogP contribution in [0.4, 0.5) is 5.82 Å². The van der Waals surface area contributed by atoms with Crippen molar-refractivity contribution >= 4 is 5.82 Å². The lowest BCUT2D eigenvalue weighted by atomic mass is 10.1. The number of anilines is 1. The maximum absolute atomic E-state index is 13.1. The van der Waals surface area contributed by atoms with E-state index in [1.54, 1.807) is 12.5 Å². The van der Waals surface area contributed by atoms with Crippen molar-refractivity contribution in [3.8, 4) is 11.5 Å². The molecule has 4 aliphatic rings. The molecule has 5 rings (SSSR count). The molecular weight excluding hydrogens is 342 g/mol. The molecule has 142 valence electrons. The first-order valence-electron chi connectivity index (χ1n) is 9.98. The summed E-state index contributed by atoms with van der Waals surface area (Å²) in [4.78, 5) is 27.0. The molecule has 3 aliphatic heterocycles. The first-order chi connectivity index (χ1) is 13.2. The minimum Gasteiger partial charge on any atom is -0.363 e. The van der Waals surface area contributed by atoms with Crippen molar-refractivity contribution in [2.45, 2.75) is 70.6 Å². The highest BCUT2D eigenvalue weighted by atomic mass is 16.1. The molecule has 1 aliphatic carbocycles. The predicted molar refractivity (Wildman–Crippen MR) is 102 cm³/mol. The van der Waals surface area contributed by atoms with Crippen LogP contribution in [0.25, 0.3) is 11.5 Å². The van der Waals surface area contributed by atoms with Gasteiger partial charge in [-0.3, -0.25) is 9.13 Å². The SMILES string of the molecule is CCCn1c2nc(C3CCCC3)nc-2c2n(c1=O)CC(Cn1ccnc1)N2. The minimum absolute atomic E-state index is 0.0119. The van der Waals surface area contributed by atoms with Crippen LogP contribution in [0.1, 0.15) is 50.8 Å². The van der Waals surface area contributed by atoms with E-state index in [4.69, 9.17) is 9.97 Å². The molecule has 8 heteroatoms. The Morgan fingerprint density at radius 3 is 2.85 bits per heavy atom. The van der Waals surface area contributed by atoms with Gasteiger partial charge in [0, 0.05) is 31.4 Å². The third-order valence-electron chi connectivity index (χ3n) is 5.77. The smallest absolute Gasteiger partial charge is 0.331 e. The number of rotatable bonds is 5. The number of hydrogen-bond acceptors (Lipinski definition) is 5. The highest BCUT2D eigenvalue weighted by molar-refractivity contribution is 5.69. The van der Waals surface area contributed by atoms with Crippen LogP contribution < -0.4 is 11.0 Å². The normalized spacial score (nSPS) is 19.7. The molecule has 1 saturated carbocycles. The fourth-order valence-corrected chi connectivity index (χ4v) is 4.48. The maximum atomic E-state index is 13.1. The van der Waals surface area contributed by atoms with Crippen molar-refractivity contribution in [3.05, 3.63) is 35.0 Å². The third kappa shape index (κ3) is 2.74. The van der Waals surface area contributed by atoms with E-state index in [0.29, 0.717) is 19.0 Å². The molecule has 4 heterocycles. The molecular formula is C19H25N7O. The van der Waals surface area contributed by atoms with Gasteiger partial charge < -0.3 is 9.88 Å². The zero-order valence-corrected chi connectivity index (χ0v) is 15.6. The Bertz CT molecular complexity index is 965. The van der Waals surface area contributed by atoms with Gasteiger partial charge in [-0.25, -0.2) is 19.7 Å². The topological polar surface area (TPSA) is 82.6 Å². The van der Waals surface area contributed by atoms with Gasteiger partial charge in [-0.15, -0.1) is 0 Å². The standard InChI is InChI=1S/C19H25N7O/c1-2-8-25-18-15(22-16(23-18)13-5-3-4-6-13)17-21-14(11-26(17)19(25)27)10-24-9-7-20-12-24/h7,9,12-14,21H,2-6,8,10-11H2,1H3. The zero-order chi connectivity index (χ0) is 18.4. The predicted octanol–water partition coefficient (Wildman–Crippen LogP) is 2.30. The van der Waals surface area contributed by atoms with Gasteiger partial charge in [-0.05, 0) is 19.3 Å². The molecule has 0 amide bonds. The van der Waals surface area contributed by atoms with Crippen LogP contribution in [0.2, 0.25) is 0 Å². The van der Waals surface area contributed by atoms with Crippen molar-refractivity contribution in [2.24, 2.45) is 0 Å². The lowest BCUT2D eigenvalue weighted by Gasteiger charge is -2.13. The molecule has 0 radical (unpaired) electrons. The van der Waals surface area contributed by atoms with Gasteiger partial charge in [0.05, 0.1) is 18.9 Å². The average molecular weight is 367 g/mol. The molecule has 0 aromatic carbocycles. The Labute approximate surface area is 157 Å². The molecule has 27 heavy (non-hydrogen) atoms. The summed E-state index contributed by atoms with van der Waals surface area (Å²) in [6.07, 6.45) is 11.2. The quantitative estimate of drug-likeness (QED) is 0.748. The number of fused-ring (bicyclic) bond motifs is 3. The summed E-state index contributed by atoms with van der Waals surface area (Å²) in [5.41, 5.74) is 0.857. The van der Waals surface area contributed by atoms with E-state index in [0.717, 1.165) is 49.0 Å². The Balaban J connectivity index is 1.57. The molecule has 1 aromatic heterocycles. The molecule has 0 spiro atoms. The van der Waals surface area contributed by atoms with Crippen molar-refractivity contribution in [2.75, 3.05) is 5.32 Å². The Hall–Kier alpha value is -2.64. The summed E-state index contributed by atoms with van der Waals surface area (Å²) < 4.78 is 5.69. The van der Waals surface area contributed by atoms with E-state index in [1.165, 1.54) is 12.8 Å². The molecule has 0 bridgehead atoms.